The number of benzene rings is 1. The summed E-state index contributed by atoms with van der Waals surface area (Å²) in [6.45, 7) is 3.07. The average Bonchev–Trinajstić information content (AvgIpc) is 2.53. The molecule has 2 rings (SSSR count). The molecule has 0 atom stereocenters. The van der Waals surface area contributed by atoms with Gasteiger partial charge in [-0.1, -0.05) is 36.4 Å². The molecule has 0 fully saturated rings. The topological polar surface area (TPSA) is 75.3 Å². The lowest BCUT2D eigenvalue weighted by atomic mass is 10.2. The first-order valence-electron chi connectivity index (χ1n) is 6.94. The molecule has 1 aromatic heterocycles. The highest BCUT2D eigenvalue weighted by molar-refractivity contribution is 7.80. The van der Waals surface area contributed by atoms with E-state index < -0.39 is 0 Å². The minimum Gasteiger partial charge on any atom is -0.370 e. The lowest BCUT2D eigenvalue weighted by molar-refractivity contribution is 0.855. The fourth-order valence-electron chi connectivity index (χ4n) is 1.83. The highest BCUT2D eigenvalue weighted by atomic mass is 32.1. The van der Waals surface area contributed by atoms with Gasteiger partial charge >= 0.3 is 0 Å². The highest BCUT2D eigenvalue weighted by Crippen LogP contribution is 2.02. The first-order chi connectivity index (χ1) is 10.6. The van der Waals surface area contributed by atoms with E-state index in [1.54, 1.807) is 6.20 Å². The van der Waals surface area contributed by atoms with Gasteiger partial charge in [-0.05, 0) is 36.3 Å². The quantitative estimate of drug-likeness (QED) is 0.456. The molecule has 1 aromatic carbocycles. The van der Waals surface area contributed by atoms with Crippen molar-refractivity contribution in [1.29, 1.82) is 0 Å². The zero-order valence-electron chi connectivity index (χ0n) is 12.4. The molecule has 0 radical (unpaired) electrons. The first kappa shape index (κ1) is 15.9. The summed E-state index contributed by atoms with van der Waals surface area (Å²) >= 11 is 5.19. The van der Waals surface area contributed by atoms with Crippen molar-refractivity contribution in [2.75, 3.05) is 0 Å². The smallest absolute Gasteiger partial charge is 0.195 e. The average molecular weight is 313 g/mol. The van der Waals surface area contributed by atoms with Crippen molar-refractivity contribution < 1.29 is 0 Å². The van der Waals surface area contributed by atoms with Crippen LogP contribution in [0.15, 0.2) is 53.7 Å². The van der Waals surface area contributed by atoms with E-state index in [2.05, 4.69) is 20.6 Å². The Hall–Kier alpha value is -2.47. The summed E-state index contributed by atoms with van der Waals surface area (Å²) in [4.78, 5) is 8.54. The number of nitrogens with one attached hydrogen (secondary N) is 2. The zero-order valence-corrected chi connectivity index (χ0v) is 13.2. The van der Waals surface area contributed by atoms with Crippen molar-refractivity contribution in [2.24, 2.45) is 10.7 Å². The van der Waals surface area contributed by atoms with Gasteiger partial charge in [-0.2, -0.15) is 0 Å². The van der Waals surface area contributed by atoms with Crippen LogP contribution in [0.1, 0.15) is 16.8 Å². The second kappa shape index (κ2) is 8.09. The second-order valence-electron chi connectivity index (χ2n) is 4.76. The SMILES string of the molecule is Cc1cccnc1CNC(=S)NC(N)=NCc1ccccc1. The first-order valence-corrected chi connectivity index (χ1v) is 7.35. The number of aromatic nitrogens is 1. The van der Waals surface area contributed by atoms with Gasteiger partial charge in [0.05, 0.1) is 18.8 Å². The van der Waals surface area contributed by atoms with E-state index >= 15 is 0 Å². The van der Waals surface area contributed by atoms with Crippen molar-refractivity contribution in [1.82, 2.24) is 15.6 Å². The lowest BCUT2D eigenvalue weighted by Gasteiger charge is -2.10. The number of aliphatic imine (C=N–C) groups is 1. The number of aryl methyl sites for hydroxylation is 1. The van der Waals surface area contributed by atoms with Gasteiger partial charge in [-0.15, -0.1) is 0 Å². The van der Waals surface area contributed by atoms with Crippen molar-refractivity contribution in [2.45, 2.75) is 20.0 Å². The molecule has 1 heterocycles. The fourth-order valence-corrected chi connectivity index (χ4v) is 2.00. The van der Waals surface area contributed by atoms with Crippen molar-refractivity contribution in [3.63, 3.8) is 0 Å². The Bertz CT molecular complexity index is 655. The molecule has 114 valence electrons. The molecule has 0 bridgehead atoms. The van der Waals surface area contributed by atoms with Gasteiger partial charge in [0.25, 0.3) is 0 Å². The molecule has 0 aliphatic heterocycles. The summed E-state index contributed by atoms with van der Waals surface area (Å²) in [5.41, 5.74) is 8.97. The molecule has 0 aliphatic rings. The molecular weight excluding hydrogens is 294 g/mol. The molecule has 4 N–H and O–H groups in total. The van der Waals surface area contributed by atoms with Crippen molar-refractivity contribution in [3.8, 4) is 0 Å². The van der Waals surface area contributed by atoms with E-state index in [0.29, 0.717) is 24.2 Å². The fraction of sp³-hybridized carbons (Fsp3) is 0.188. The van der Waals surface area contributed by atoms with Gasteiger partial charge in [-0.25, -0.2) is 4.99 Å². The third-order valence-electron chi connectivity index (χ3n) is 3.05. The number of pyridine rings is 1. The largest absolute Gasteiger partial charge is 0.370 e. The van der Waals surface area contributed by atoms with E-state index in [1.807, 2.05) is 49.4 Å². The molecule has 0 spiro atoms. The third kappa shape index (κ3) is 5.14. The number of hydrogen-bond acceptors (Lipinski definition) is 3. The molecule has 6 heteroatoms. The second-order valence-corrected chi connectivity index (χ2v) is 5.17. The summed E-state index contributed by atoms with van der Waals surface area (Å²) in [5, 5.41) is 6.36. The molecule has 0 saturated heterocycles. The van der Waals surface area contributed by atoms with Gasteiger partial charge in [0.15, 0.2) is 11.1 Å². The maximum Gasteiger partial charge on any atom is 0.195 e. The number of rotatable bonds is 4. The van der Waals surface area contributed by atoms with Crippen LogP contribution in [0.2, 0.25) is 0 Å². The lowest BCUT2D eigenvalue weighted by Crippen LogP contribution is -2.43. The predicted molar refractivity (Wildman–Crippen MR) is 93.3 cm³/mol. The highest BCUT2D eigenvalue weighted by Gasteiger charge is 2.01. The zero-order chi connectivity index (χ0) is 15.8. The number of nitrogens with zero attached hydrogens (tertiary/aromatic N) is 2. The van der Waals surface area contributed by atoms with Gasteiger partial charge < -0.3 is 16.4 Å². The third-order valence-corrected chi connectivity index (χ3v) is 3.30. The monoisotopic (exact) mass is 313 g/mol. The number of thiocarbonyl (C=S) groups is 1. The van der Waals surface area contributed by atoms with Crippen LogP contribution in [0, 0.1) is 6.92 Å². The minimum absolute atomic E-state index is 0.291. The van der Waals surface area contributed by atoms with Crippen LogP contribution in [-0.4, -0.2) is 16.1 Å². The summed E-state index contributed by atoms with van der Waals surface area (Å²) in [6.07, 6.45) is 1.76. The summed E-state index contributed by atoms with van der Waals surface area (Å²) in [6, 6.07) is 13.8. The minimum atomic E-state index is 0.291. The van der Waals surface area contributed by atoms with Crippen LogP contribution < -0.4 is 16.4 Å². The summed E-state index contributed by atoms with van der Waals surface area (Å²) < 4.78 is 0. The molecule has 5 nitrogen and oxygen atoms in total. The summed E-state index contributed by atoms with van der Waals surface area (Å²) in [7, 11) is 0. The standard InChI is InChI=1S/C16H19N5S/c1-12-6-5-9-18-14(12)11-20-16(22)21-15(17)19-10-13-7-3-2-4-8-13/h2-9H,10-11H2,1H3,(H4,17,19,20,21,22). The molecule has 22 heavy (non-hydrogen) atoms. The normalized spacial score (nSPS) is 11.0. The molecule has 2 aromatic rings. The molecule has 0 aliphatic carbocycles. The van der Waals surface area contributed by atoms with Gasteiger partial charge in [0, 0.05) is 6.20 Å². The van der Waals surface area contributed by atoms with Crippen molar-refractivity contribution >= 4 is 23.3 Å². The Labute approximate surface area is 135 Å². The molecule has 0 amide bonds. The van der Waals surface area contributed by atoms with Crippen LogP contribution in [0.5, 0.6) is 0 Å². The number of nitrogens with two attached hydrogens (primary N) is 1. The van der Waals surface area contributed by atoms with Gasteiger partial charge in [-0.3, -0.25) is 4.98 Å². The van der Waals surface area contributed by atoms with E-state index in [1.165, 1.54) is 0 Å². The van der Waals surface area contributed by atoms with E-state index in [4.69, 9.17) is 18.0 Å². The Morgan fingerprint density at radius 1 is 1.23 bits per heavy atom. The molecular formula is C16H19N5S. The van der Waals surface area contributed by atoms with E-state index in [9.17, 15) is 0 Å². The Balaban J connectivity index is 1.80. The van der Waals surface area contributed by atoms with Crippen LogP contribution in [0.3, 0.4) is 0 Å². The maximum atomic E-state index is 5.82. The number of guanidine groups is 1. The van der Waals surface area contributed by atoms with Crippen LogP contribution in [0.25, 0.3) is 0 Å². The summed E-state index contributed by atoms with van der Waals surface area (Å²) in [5.74, 6) is 0.291. The maximum absolute atomic E-state index is 5.82. The van der Waals surface area contributed by atoms with Gasteiger partial charge in [0.1, 0.15) is 0 Å². The van der Waals surface area contributed by atoms with Gasteiger partial charge in [0.2, 0.25) is 0 Å². The predicted octanol–water partition coefficient (Wildman–Crippen LogP) is 1.87. The van der Waals surface area contributed by atoms with E-state index in [-0.39, 0.29) is 0 Å². The van der Waals surface area contributed by atoms with E-state index in [0.717, 1.165) is 16.8 Å². The number of hydrogen-bond donors (Lipinski definition) is 3. The van der Waals surface area contributed by atoms with Crippen LogP contribution >= 0.6 is 12.2 Å². The van der Waals surface area contributed by atoms with Crippen LogP contribution in [0.4, 0.5) is 0 Å². The Morgan fingerprint density at radius 2 is 2.00 bits per heavy atom. The van der Waals surface area contributed by atoms with Crippen molar-refractivity contribution in [3.05, 3.63) is 65.5 Å². The molecule has 0 unspecified atom stereocenters. The Morgan fingerprint density at radius 3 is 2.73 bits per heavy atom. The van der Waals surface area contributed by atoms with Crippen LogP contribution in [-0.2, 0) is 13.1 Å². The molecule has 0 saturated carbocycles. The Kier molecular flexibility index (Phi) is 5.85.